The fourth-order valence-electron chi connectivity index (χ4n) is 1.48. The summed E-state index contributed by atoms with van der Waals surface area (Å²) in [6.45, 7) is 3.15. The molecule has 0 unspecified atom stereocenters. The topological polar surface area (TPSA) is 83.5 Å². The number of carbonyl (C=O) groups is 1. The molecule has 0 saturated carbocycles. The second-order valence-corrected chi connectivity index (χ2v) is 7.28. The van der Waals surface area contributed by atoms with E-state index in [2.05, 4.69) is 4.72 Å². The van der Waals surface area contributed by atoms with Gasteiger partial charge in [0, 0.05) is 5.02 Å². The molecule has 5 nitrogen and oxygen atoms in total. The molecule has 1 aromatic carbocycles. The second kappa shape index (κ2) is 6.49. The Kier molecular flexibility index (Phi) is 5.69. The zero-order valence-corrected chi connectivity index (χ0v) is 13.6. The van der Waals surface area contributed by atoms with Crippen LogP contribution >= 0.6 is 34.8 Å². The number of benzene rings is 1. The van der Waals surface area contributed by atoms with Crippen LogP contribution in [0.3, 0.4) is 0 Å². The first-order chi connectivity index (χ1) is 9.06. The van der Waals surface area contributed by atoms with Gasteiger partial charge < -0.3 is 5.11 Å². The average molecular weight is 361 g/mol. The van der Waals surface area contributed by atoms with E-state index >= 15 is 0 Å². The van der Waals surface area contributed by atoms with E-state index < -0.39 is 32.8 Å². The van der Waals surface area contributed by atoms with Crippen LogP contribution in [0.5, 0.6) is 0 Å². The molecule has 1 atom stereocenters. The SMILES string of the molecule is CC(C)[C@H](NS(=O)(=O)c1c(Cl)cc(Cl)cc1Cl)C(=O)O. The van der Waals surface area contributed by atoms with Crippen LogP contribution < -0.4 is 4.72 Å². The lowest BCUT2D eigenvalue weighted by atomic mass is 10.1. The van der Waals surface area contributed by atoms with Crippen molar-refractivity contribution < 1.29 is 18.3 Å². The van der Waals surface area contributed by atoms with Gasteiger partial charge in [0.2, 0.25) is 10.0 Å². The van der Waals surface area contributed by atoms with Crippen LogP contribution in [-0.2, 0) is 14.8 Å². The standard InChI is InChI=1S/C11H12Cl3NO4S/c1-5(2)9(11(16)17)15-20(18,19)10-7(13)3-6(12)4-8(10)14/h3-5,9,15H,1-2H3,(H,16,17)/t9-/m0/s1. The van der Waals surface area contributed by atoms with Gasteiger partial charge in [0.25, 0.3) is 0 Å². The predicted octanol–water partition coefficient (Wildman–Crippen LogP) is 3.03. The van der Waals surface area contributed by atoms with Crippen LogP contribution in [0.2, 0.25) is 15.1 Å². The fourth-order valence-corrected chi connectivity index (χ4v) is 4.37. The Morgan fingerprint density at radius 3 is 2.00 bits per heavy atom. The molecule has 0 aliphatic carbocycles. The zero-order chi connectivity index (χ0) is 15.7. The number of hydrogen-bond donors (Lipinski definition) is 2. The Bertz CT molecular complexity index is 608. The molecule has 2 N–H and O–H groups in total. The Labute approximate surface area is 131 Å². The average Bonchev–Trinajstić information content (AvgIpc) is 2.23. The molecular formula is C11H12Cl3NO4S. The number of hydrogen-bond acceptors (Lipinski definition) is 3. The molecular weight excluding hydrogens is 349 g/mol. The van der Waals surface area contributed by atoms with Crippen molar-refractivity contribution in [2.45, 2.75) is 24.8 Å². The Balaban J connectivity index is 3.28. The molecule has 0 saturated heterocycles. The smallest absolute Gasteiger partial charge is 0.322 e. The molecule has 0 amide bonds. The highest BCUT2D eigenvalue weighted by atomic mass is 35.5. The number of halogens is 3. The first kappa shape index (κ1) is 17.5. The van der Waals surface area contributed by atoms with Crippen molar-refractivity contribution in [3.8, 4) is 0 Å². The van der Waals surface area contributed by atoms with Gasteiger partial charge in [-0.2, -0.15) is 4.72 Å². The number of rotatable bonds is 5. The Hall–Kier alpha value is -0.530. The Morgan fingerprint density at radius 2 is 1.65 bits per heavy atom. The molecule has 1 rings (SSSR count). The van der Waals surface area contributed by atoms with E-state index in [4.69, 9.17) is 39.9 Å². The lowest BCUT2D eigenvalue weighted by Crippen LogP contribution is -2.44. The minimum absolute atomic E-state index is 0.178. The van der Waals surface area contributed by atoms with Crippen LogP contribution in [0.4, 0.5) is 0 Å². The van der Waals surface area contributed by atoms with E-state index in [1.807, 2.05) is 0 Å². The van der Waals surface area contributed by atoms with Crippen molar-refractivity contribution in [1.82, 2.24) is 4.72 Å². The summed E-state index contributed by atoms with van der Waals surface area (Å²) in [6.07, 6.45) is 0. The lowest BCUT2D eigenvalue weighted by molar-refractivity contribution is -0.140. The largest absolute Gasteiger partial charge is 0.480 e. The van der Waals surface area contributed by atoms with Gasteiger partial charge in [-0.3, -0.25) is 4.79 Å². The van der Waals surface area contributed by atoms with Crippen LogP contribution in [0, 0.1) is 5.92 Å². The third kappa shape index (κ3) is 3.99. The third-order valence-electron chi connectivity index (χ3n) is 2.45. The summed E-state index contributed by atoms with van der Waals surface area (Å²) >= 11 is 17.4. The number of nitrogens with one attached hydrogen (secondary N) is 1. The van der Waals surface area contributed by atoms with Crippen LogP contribution in [-0.4, -0.2) is 25.5 Å². The van der Waals surface area contributed by atoms with Crippen molar-refractivity contribution in [2.75, 3.05) is 0 Å². The van der Waals surface area contributed by atoms with Gasteiger partial charge in [-0.05, 0) is 18.1 Å². The van der Waals surface area contributed by atoms with Gasteiger partial charge >= 0.3 is 5.97 Å². The second-order valence-electron chi connectivity index (χ2n) is 4.38. The number of aliphatic carboxylic acids is 1. The molecule has 0 radical (unpaired) electrons. The fraction of sp³-hybridized carbons (Fsp3) is 0.364. The number of carboxylic acids is 1. The summed E-state index contributed by atoms with van der Waals surface area (Å²) in [5.74, 6) is -1.74. The van der Waals surface area contributed by atoms with Crippen molar-refractivity contribution in [3.05, 3.63) is 27.2 Å². The quantitative estimate of drug-likeness (QED) is 0.845. The highest BCUT2D eigenvalue weighted by molar-refractivity contribution is 7.89. The van der Waals surface area contributed by atoms with E-state index in [9.17, 15) is 13.2 Å². The highest BCUT2D eigenvalue weighted by Gasteiger charge is 2.30. The molecule has 0 aliphatic heterocycles. The maximum atomic E-state index is 12.2. The summed E-state index contributed by atoms with van der Waals surface area (Å²) < 4.78 is 26.5. The summed E-state index contributed by atoms with van der Waals surface area (Å²) in [4.78, 5) is 10.7. The van der Waals surface area contributed by atoms with Gasteiger partial charge in [-0.15, -0.1) is 0 Å². The predicted molar refractivity (Wildman–Crippen MR) is 78.1 cm³/mol. The van der Waals surface area contributed by atoms with E-state index in [0.717, 1.165) is 0 Å². The zero-order valence-electron chi connectivity index (χ0n) is 10.5. The third-order valence-corrected chi connectivity index (χ3v) is 5.03. The molecule has 0 aliphatic rings. The van der Waals surface area contributed by atoms with Crippen LogP contribution in [0.15, 0.2) is 17.0 Å². The van der Waals surface area contributed by atoms with Crippen molar-refractivity contribution in [1.29, 1.82) is 0 Å². The van der Waals surface area contributed by atoms with Gasteiger partial charge in [0.1, 0.15) is 10.9 Å². The molecule has 1 aromatic rings. The van der Waals surface area contributed by atoms with Gasteiger partial charge in [0.05, 0.1) is 10.0 Å². The van der Waals surface area contributed by atoms with Crippen LogP contribution in [0.1, 0.15) is 13.8 Å². The lowest BCUT2D eigenvalue weighted by Gasteiger charge is -2.19. The molecule has 0 spiro atoms. The van der Waals surface area contributed by atoms with E-state index in [1.165, 1.54) is 12.1 Å². The maximum absolute atomic E-state index is 12.2. The molecule has 9 heteroatoms. The molecule has 0 heterocycles. The number of carboxylic acid groups (broad SMARTS) is 1. The number of sulfonamides is 1. The minimum atomic E-state index is -4.18. The molecule has 0 aromatic heterocycles. The monoisotopic (exact) mass is 359 g/mol. The van der Waals surface area contributed by atoms with Gasteiger partial charge in [-0.25, -0.2) is 8.42 Å². The van der Waals surface area contributed by atoms with E-state index in [1.54, 1.807) is 13.8 Å². The molecule has 0 bridgehead atoms. The molecule has 112 valence electrons. The molecule has 20 heavy (non-hydrogen) atoms. The summed E-state index contributed by atoms with van der Waals surface area (Å²) in [5.41, 5.74) is 0. The maximum Gasteiger partial charge on any atom is 0.322 e. The van der Waals surface area contributed by atoms with Crippen molar-refractivity contribution in [2.24, 2.45) is 5.92 Å². The normalized spacial score (nSPS) is 13.5. The van der Waals surface area contributed by atoms with Crippen molar-refractivity contribution in [3.63, 3.8) is 0 Å². The van der Waals surface area contributed by atoms with Gasteiger partial charge in [-0.1, -0.05) is 48.7 Å². The minimum Gasteiger partial charge on any atom is -0.480 e. The van der Waals surface area contributed by atoms with Gasteiger partial charge in [0.15, 0.2) is 0 Å². The first-order valence-corrected chi connectivity index (χ1v) is 8.07. The highest BCUT2D eigenvalue weighted by Crippen LogP contribution is 2.32. The molecule has 0 fully saturated rings. The first-order valence-electron chi connectivity index (χ1n) is 5.46. The van der Waals surface area contributed by atoms with E-state index in [-0.39, 0.29) is 15.1 Å². The summed E-state index contributed by atoms with van der Waals surface area (Å²) in [6, 6.07) is 1.14. The van der Waals surface area contributed by atoms with Crippen LogP contribution in [0.25, 0.3) is 0 Å². The Morgan fingerprint density at radius 1 is 1.20 bits per heavy atom. The van der Waals surface area contributed by atoms with Crippen molar-refractivity contribution >= 4 is 50.8 Å². The summed E-state index contributed by atoms with van der Waals surface area (Å²) in [5, 5.41) is 8.85. The summed E-state index contributed by atoms with van der Waals surface area (Å²) in [7, 11) is -4.18. The van der Waals surface area contributed by atoms with E-state index in [0.29, 0.717) is 0 Å².